The third-order valence-corrected chi connectivity index (χ3v) is 4.15. The molecule has 0 saturated carbocycles. The SMILES string of the molecule is CCCN(CCC)[C@@H]1CNCc2c(OC)ccc(OC)c21. The summed E-state index contributed by atoms with van der Waals surface area (Å²) in [6.45, 7) is 8.51. The topological polar surface area (TPSA) is 33.7 Å². The van der Waals surface area contributed by atoms with Crippen LogP contribution in [0.25, 0.3) is 0 Å². The van der Waals surface area contributed by atoms with Crippen LogP contribution in [-0.2, 0) is 6.54 Å². The van der Waals surface area contributed by atoms with Crippen molar-refractivity contribution in [3.8, 4) is 11.5 Å². The Balaban J connectivity index is 2.44. The quantitative estimate of drug-likeness (QED) is 0.838. The lowest BCUT2D eigenvalue weighted by Crippen LogP contribution is -2.40. The largest absolute Gasteiger partial charge is 0.496 e. The molecular weight excluding hydrogens is 264 g/mol. The first-order valence-electron chi connectivity index (χ1n) is 7.95. The van der Waals surface area contributed by atoms with Crippen molar-refractivity contribution in [1.29, 1.82) is 0 Å². The van der Waals surface area contributed by atoms with E-state index in [1.54, 1.807) is 14.2 Å². The van der Waals surface area contributed by atoms with E-state index >= 15 is 0 Å². The summed E-state index contributed by atoms with van der Waals surface area (Å²) in [5, 5.41) is 3.54. The maximum atomic E-state index is 5.64. The van der Waals surface area contributed by atoms with Crippen molar-refractivity contribution >= 4 is 0 Å². The summed E-state index contributed by atoms with van der Waals surface area (Å²) in [5.41, 5.74) is 2.54. The molecule has 0 unspecified atom stereocenters. The van der Waals surface area contributed by atoms with Crippen LogP contribution in [0.15, 0.2) is 12.1 Å². The van der Waals surface area contributed by atoms with Crippen LogP contribution in [0.3, 0.4) is 0 Å². The molecule has 1 aliphatic rings. The Morgan fingerprint density at radius 3 is 2.29 bits per heavy atom. The molecule has 1 atom stereocenters. The summed E-state index contributed by atoms with van der Waals surface area (Å²) in [5.74, 6) is 1.94. The minimum Gasteiger partial charge on any atom is -0.496 e. The van der Waals surface area contributed by atoms with Gasteiger partial charge in [-0.15, -0.1) is 0 Å². The molecule has 0 saturated heterocycles. The third-order valence-electron chi connectivity index (χ3n) is 4.15. The Kier molecular flexibility index (Phi) is 5.88. The van der Waals surface area contributed by atoms with Gasteiger partial charge < -0.3 is 14.8 Å². The number of fused-ring (bicyclic) bond motifs is 1. The maximum Gasteiger partial charge on any atom is 0.124 e. The van der Waals surface area contributed by atoms with Crippen LogP contribution in [0.5, 0.6) is 11.5 Å². The van der Waals surface area contributed by atoms with Crippen molar-refractivity contribution in [3.63, 3.8) is 0 Å². The van der Waals surface area contributed by atoms with E-state index < -0.39 is 0 Å². The predicted molar refractivity (Wildman–Crippen MR) is 86.1 cm³/mol. The highest BCUT2D eigenvalue weighted by atomic mass is 16.5. The smallest absolute Gasteiger partial charge is 0.124 e. The van der Waals surface area contributed by atoms with Gasteiger partial charge in [0.25, 0.3) is 0 Å². The number of ether oxygens (including phenoxy) is 2. The van der Waals surface area contributed by atoms with E-state index in [1.165, 1.54) is 11.1 Å². The zero-order valence-corrected chi connectivity index (χ0v) is 13.7. The zero-order chi connectivity index (χ0) is 15.2. The Hall–Kier alpha value is -1.26. The minimum atomic E-state index is 0.360. The minimum absolute atomic E-state index is 0.360. The molecule has 1 aliphatic heterocycles. The standard InChI is InChI=1S/C17H28N2O2/c1-5-9-19(10-6-2)14-12-18-11-13-15(20-3)7-8-16(21-4)17(13)14/h7-8,14,18H,5-6,9-12H2,1-4H3/t14-/m1/s1. The fourth-order valence-electron chi connectivity index (χ4n) is 3.29. The lowest BCUT2D eigenvalue weighted by atomic mass is 9.93. The molecule has 1 heterocycles. The molecule has 0 bridgehead atoms. The van der Waals surface area contributed by atoms with Crippen LogP contribution in [0.2, 0.25) is 0 Å². The van der Waals surface area contributed by atoms with Gasteiger partial charge in [0, 0.05) is 24.2 Å². The molecule has 1 aromatic rings. The van der Waals surface area contributed by atoms with Crippen LogP contribution in [-0.4, -0.2) is 38.8 Å². The molecule has 0 spiro atoms. The van der Waals surface area contributed by atoms with Crippen LogP contribution in [0.4, 0.5) is 0 Å². The van der Waals surface area contributed by atoms with Gasteiger partial charge in [0.2, 0.25) is 0 Å². The summed E-state index contributed by atoms with van der Waals surface area (Å²) in [6.07, 6.45) is 2.33. The first-order chi connectivity index (χ1) is 10.3. The number of nitrogens with zero attached hydrogens (tertiary/aromatic N) is 1. The van der Waals surface area contributed by atoms with Crippen LogP contribution in [0.1, 0.15) is 43.9 Å². The zero-order valence-electron chi connectivity index (χ0n) is 13.7. The molecular formula is C17H28N2O2. The molecule has 0 fully saturated rings. The maximum absolute atomic E-state index is 5.64. The number of methoxy groups -OCH3 is 2. The van der Waals surface area contributed by atoms with Crippen LogP contribution in [0, 0.1) is 0 Å². The molecule has 1 aromatic carbocycles. The molecule has 4 heteroatoms. The van der Waals surface area contributed by atoms with Crippen molar-refractivity contribution in [3.05, 3.63) is 23.3 Å². The molecule has 118 valence electrons. The van der Waals surface area contributed by atoms with Crippen molar-refractivity contribution in [2.24, 2.45) is 0 Å². The number of benzene rings is 1. The summed E-state index contributed by atoms with van der Waals surface area (Å²) in [4.78, 5) is 2.56. The molecule has 2 rings (SSSR count). The van der Waals surface area contributed by atoms with Gasteiger partial charge in [-0.05, 0) is 38.1 Å². The van der Waals surface area contributed by atoms with E-state index in [2.05, 4.69) is 24.1 Å². The Bertz CT molecular complexity index is 456. The Morgan fingerprint density at radius 2 is 1.71 bits per heavy atom. The lowest BCUT2D eigenvalue weighted by molar-refractivity contribution is 0.180. The first kappa shape index (κ1) is 16.1. The van der Waals surface area contributed by atoms with Gasteiger partial charge in [-0.1, -0.05) is 13.8 Å². The van der Waals surface area contributed by atoms with Gasteiger partial charge in [-0.3, -0.25) is 4.90 Å². The van der Waals surface area contributed by atoms with Gasteiger partial charge in [0.05, 0.1) is 20.3 Å². The van der Waals surface area contributed by atoms with Crippen molar-refractivity contribution < 1.29 is 9.47 Å². The van der Waals surface area contributed by atoms with E-state index in [0.29, 0.717) is 6.04 Å². The number of nitrogens with one attached hydrogen (secondary N) is 1. The fraction of sp³-hybridized carbons (Fsp3) is 0.647. The van der Waals surface area contributed by atoms with Crippen molar-refractivity contribution in [2.75, 3.05) is 33.9 Å². The van der Waals surface area contributed by atoms with E-state index in [9.17, 15) is 0 Å². The first-order valence-corrected chi connectivity index (χ1v) is 7.95. The third kappa shape index (κ3) is 3.33. The van der Waals surface area contributed by atoms with Gasteiger partial charge >= 0.3 is 0 Å². The second-order valence-electron chi connectivity index (χ2n) is 5.54. The molecule has 0 radical (unpaired) electrons. The monoisotopic (exact) mass is 292 g/mol. The predicted octanol–water partition coefficient (Wildman–Crippen LogP) is 2.97. The van der Waals surface area contributed by atoms with Gasteiger partial charge in [0.1, 0.15) is 11.5 Å². The highest BCUT2D eigenvalue weighted by Gasteiger charge is 2.30. The average molecular weight is 292 g/mol. The second kappa shape index (κ2) is 7.66. The highest BCUT2D eigenvalue weighted by molar-refractivity contribution is 5.51. The molecule has 4 nitrogen and oxygen atoms in total. The summed E-state index contributed by atoms with van der Waals surface area (Å²) < 4.78 is 11.2. The van der Waals surface area contributed by atoms with Crippen LogP contribution >= 0.6 is 0 Å². The molecule has 0 aliphatic carbocycles. The van der Waals surface area contributed by atoms with E-state index in [1.807, 2.05) is 12.1 Å². The lowest BCUT2D eigenvalue weighted by Gasteiger charge is -2.37. The molecule has 1 N–H and O–H groups in total. The summed E-state index contributed by atoms with van der Waals surface area (Å²) in [7, 11) is 3.49. The van der Waals surface area contributed by atoms with Crippen LogP contribution < -0.4 is 14.8 Å². The van der Waals surface area contributed by atoms with Crippen molar-refractivity contribution in [1.82, 2.24) is 10.2 Å². The van der Waals surface area contributed by atoms with Crippen molar-refractivity contribution in [2.45, 2.75) is 39.3 Å². The van der Waals surface area contributed by atoms with E-state index in [0.717, 1.165) is 50.5 Å². The normalized spacial score (nSPS) is 17.7. The van der Waals surface area contributed by atoms with E-state index in [4.69, 9.17) is 9.47 Å². The van der Waals surface area contributed by atoms with Gasteiger partial charge in [-0.2, -0.15) is 0 Å². The Labute approximate surface area is 128 Å². The second-order valence-corrected chi connectivity index (χ2v) is 5.54. The highest BCUT2D eigenvalue weighted by Crippen LogP contribution is 2.39. The molecule has 0 amide bonds. The van der Waals surface area contributed by atoms with E-state index in [-0.39, 0.29) is 0 Å². The fourth-order valence-corrected chi connectivity index (χ4v) is 3.29. The number of hydrogen-bond donors (Lipinski definition) is 1. The number of hydrogen-bond acceptors (Lipinski definition) is 4. The average Bonchev–Trinajstić information content (AvgIpc) is 2.53. The summed E-state index contributed by atoms with van der Waals surface area (Å²) >= 11 is 0. The summed E-state index contributed by atoms with van der Waals surface area (Å²) in [6, 6.07) is 4.40. The number of rotatable bonds is 7. The molecule has 21 heavy (non-hydrogen) atoms. The van der Waals surface area contributed by atoms with Gasteiger partial charge in [-0.25, -0.2) is 0 Å². The molecule has 0 aromatic heterocycles. The van der Waals surface area contributed by atoms with Gasteiger partial charge in [0.15, 0.2) is 0 Å². The Morgan fingerprint density at radius 1 is 1.10 bits per heavy atom.